The van der Waals surface area contributed by atoms with E-state index >= 15 is 0 Å². The Kier molecular flexibility index (Phi) is 2.39. The maximum atomic E-state index is 10.0. The molecule has 0 saturated heterocycles. The number of rotatable bonds is 0. The van der Waals surface area contributed by atoms with Crippen LogP contribution in [0, 0.1) is 0 Å². The Morgan fingerprint density at radius 3 is 0.964 bits per heavy atom. The lowest BCUT2D eigenvalue weighted by atomic mass is 9.87. The fourth-order valence-corrected chi connectivity index (χ4v) is 5.07. The quantitative estimate of drug-likeness (QED) is 0.327. The highest BCUT2D eigenvalue weighted by molar-refractivity contribution is 6.33. The fraction of sp³-hybridized carbons (Fsp3) is 0. The molecule has 0 bridgehead atoms. The van der Waals surface area contributed by atoms with E-state index in [1.54, 1.807) is 24.8 Å². The molecular formula is C24H14N2O2. The average molecular weight is 362 g/mol. The minimum Gasteiger partial charge on any atom is -0.285 e. The molecular weight excluding hydrogens is 348 g/mol. The molecule has 2 aliphatic heterocycles. The number of nitrogens with zero attached hydrogens (tertiary/aromatic N) is 2. The van der Waals surface area contributed by atoms with E-state index in [9.17, 15) is 10.4 Å². The molecule has 4 heteroatoms. The van der Waals surface area contributed by atoms with Gasteiger partial charge in [-0.3, -0.25) is 10.4 Å². The minimum atomic E-state index is 1.02. The molecule has 0 amide bonds. The van der Waals surface area contributed by atoms with Crippen LogP contribution in [0.3, 0.4) is 0 Å². The molecule has 0 aliphatic carbocycles. The second kappa shape index (κ2) is 4.62. The Morgan fingerprint density at radius 2 is 0.679 bits per heavy atom. The molecule has 2 heterocycles. The van der Waals surface area contributed by atoms with E-state index in [2.05, 4.69) is 48.5 Å². The Bertz CT molecular complexity index is 1500. The first-order valence-electron chi connectivity index (χ1n) is 9.23. The van der Waals surface area contributed by atoms with E-state index in [0.717, 1.165) is 31.0 Å². The van der Waals surface area contributed by atoms with Crippen molar-refractivity contribution in [1.82, 2.24) is 10.1 Å². The Morgan fingerprint density at radius 1 is 0.393 bits per heavy atom. The minimum absolute atomic E-state index is 1.02. The number of benzene rings is 5. The first kappa shape index (κ1) is 14.5. The SMILES string of the molecule is ON1C=c2ccc3c4ccc5c6c(ccc(c7ccc(c2c37)=C1)c64)=CN(O)C=5. The summed E-state index contributed by atoms with van der Waals surface area (Å²) in [7, 11) is 0. The van der Waals surface area contributed by atoms with Gasteiger partial charge < -0.3 is 0 Å². The van der Waals surface area contributed by atoms with Crippen LogP contribution in [0.5, 0.6) is 0 Å². The molecule has 0 aromatic heterocycles. The van der Waals surface area contributed by atoms with Crippen LogP contribution in [0.1, 0.15) is 0 Å². The van der Waals surface area contributed by atoms with Crippen LogP contribution in [-0.2, 0) is 0 Å². The van der Waals surface area contributed by atoms with Crippen molar-refractivity contribution >= 4 is 67.9 Å². The summed E-state index contributed by atoms with van der Waals surface area (Å²) >= 11 is 0. The highest BCUT2D eigenvalue weighted by Gasteiger charge is 2.17. The predicted molar refractivity (Wildman–Crippen MR) is 111 cm³/mol. The molecule has 0 atom stereocenters. The number of hydrogen-bond donors (Lipinski definition) is 2. The van der Waals surface area contributed by atoms with Gasteiger partial charge in [-0.2, -0.15) is 0 Å². The number of hydrogen-bond acceptors (Lipinski definition) is 4. The average Bonchev–Trinajstić information content (AvgIpc) is 2.69. The summed E-state index contributed by atoms with van der Waals surface area (Å²) in [5.74, 6) is 0. The molecule has 0 fully saturated rings. The molecule has 2 N–H and O–H groups in total. The van der Waals surface area contributed by atoms with E-state index in [1.807, 2.05) is 0 Å². The molecule has 7 rings (SSSR count). The van der Waals surface area contributed by atoms with Crippen LogP contribution in [0.4, 0.5) is 0 Å². The van der Waals surface area contributed by atoms with Gasteiger partial charge >= 0.3 is 0 Å². The predicted octanol–water partition coefficient (Wildman–Crippen LogP) is 2.10. The molecule has 0 saturated carbocycles. The zero-order valence-corrected chi connectivity index (χ0v) is 14.7. The Balaban J connectivity index is 1.87. The molecule has 5 aromatic rings. The second-order valence-electron chi connectivity index (χ2n) is 7.59. The van der Waals surface area contributed by atoms with Crippen LogP contribution >= 0.6 is 0 Å². The summed E-state index contributed by atoms with van der Waals surface area (Å²) in [4.78, 5) is 0. The van der Waals surface area contributed by atoms with Gasteiger partial charge in [-0.1, -0.05) is 48.5 Å². The van der Waals surface area contributed by atoms with Crippen LogP contribution in [0.15, 0.2) is 48.5 Å². The van der Waals surface area contributed by atoms with Crippen LogP contribution in [-0.4, -0.2) is 20.5 Å². The van der Waals surface area contributed by atoms with Gasteiger partial charge in [0.25, 0.3) is 0 Å². The van der Waals surface area contributed by atoms with E-state index in [-0.39, 0.29) is 0 Å². The van der Waals surface area contributed by atoms with Crippen molar-refractivity contribution in [1.29, 1.82) is 0 Å². The summed E-state index contributed by atoms with van der Waals surface area (Å²) in [5.41, 5.74) is 0. The van der Waals surface area contributed by atoms with Crippen LogP contribution in [0.2, 0.25) is 0 Å². The van der Waals surface area contributed by atoms with Crippen LogP contribution < -0.4 is 20.9 Å². The van der Waals surface area contributed by atoms with Crippen molar-refractivity contribution in [2.24, 2.45) is 0 Å². The maximum Gasteiger partial charge on any atom is 0.0403 e. The molecule has 4 nitrogen and oxygen atoms in total. The van der Waals surface area contributed by atoms with Gasteiger partial charge in [0.1, 0.15) is 0 Å². The van der Waals surface area contributed by atoms with Crippen molar-refractivity contribution in [3.63, 3.8) is 0 Å². The van der Waals surface area contributed by atoms with Gasteiger partial charge in [0.2, 0.25) is 0 Å². The fourth-order valence-electron chi connectivity index (χ4n) is 5.07. The first-order chi connectivity index (χ1) is 13.7. The third kappa shape index (κ3) is 1.59. The van der Waals surface area contributed by atoms with Crippen LogP contribution in [0.25, 0.3) is 67.9 Å². The monoisotopic (exact) mass is 362 g/mol. The first-order valence-corrected chi connectivity index (χ1v) is 9.23. The van der Waals surface area contributed by atoms with Gasteiger partial charge in [0.05, 0.1) is 0 Å². The lowest BCUT2D eigenvalue weighted by Gasteiger charge is -2.19. The Hall–Kier alpha value is -3.60. The third-order valence-electron chi connectivity index (χ3n) is 6.12. The molecule has 0 unspecified atom stereocenters. The zero-order chi connectivity index (χ0) is 18.6. The summed E-state index contributed by atoms with van der Waals surface area (Å²) in [6, 6.07) is 16.9. The second-order valence-corrected chi connectivity index (χ2v) is 7.59. The van der Waals surface area contributed by atoms with Gasteiger partial charge in [-0.05, 0) is 32.3 Å². The van der Waals surface area contributed by atoms with Crippen molar-refractivity contribution < 1.29 is 10.4 Å². The summed E-state index contributed by atoms with van der Waals surface area (Å²) in [5, 5.41) is 36.0. The molecule has 132 valence electrons. The van der Waals surface area contributed by atoms with E-state index < -0.39 is 0 Å². The van der Waals surface area contributed by atoms with Gasteiger partial charge in [-0.15, -0.1) is 0 Å². The Labute approximate surface area is 158 Å². The lowest BCUT2D eigenvalue weighted by Crippen LogP contribution is -2.26. The van der Waals surface area contributed by atoms with E-state index in [4.69, 9.17) is 0 Å². The lowest BCUT2D eigenvalue weighted by molar-refractivity contribution is 0.0517. The molecule has 28 heavy (non-hydrogen) atoms. The van der Waals surface area contributed by atoms with Gasteiger partial charge in [0.15, 0.2) is 0 Å². The third-order valence-corrected chi connectivity index (χ3v) is 6.12. The van der Waals surface area contributed by atoms with Crippen molar-refractivity contribution in [2.45, 2.75) is 0 Å². The van der Waals surface area contributed by atoms with Crippen molar-refractivity contribution in [3.05, 3.63) is 69.4 Å². The van der Waals surface area contributed by atoms with Gasteiger partial charge in [-0.25, -0.2) is 10.1 Å². The number of hydroxylamine groups is 4. The van der Waals surface area contributed by atoms with E-state index in [0.29, 0.717) is 0 Å². The highest BCUT2D eigenvalue weighted by atomic mass is 16.5. The number of fused-ring (bicyclic) bond motifs is 2. The van der Waals surface area contributed by atoms with E-state index in [1.165, 1.54) is 43.1 Å². The zero-order valence-electron chi connectivity index (χ0n) is 14.7. The largest absolute Gasteiger partial charge is 0.285 e. The molecule has 0 spiro atoms. The van der Waals surface area contributed by atoms with Crippen molar-refractivity contribution in [3.8, 4) is 0 Å². The molecule has 5 aromatic carbocycles. The van der Waals surface area contributed by atoms with Gasteiger partial charge in [0, 0.05) is 56.4 Å². The smallest absolute Gasteiger partial charge is 0.0403 e. The standard InChI is InChI=1S/C24H14N2O2/c27-25-9-13-1-5-17-18-6-3-15-11-26(28)12-16-4-8-20(24(18)22(15)16)19-7-2-14(10-25)21(13)23(17)19/h1-12,27-28H. The normalized spacial score (nSPS) is 15.1. The topological polar surface area (TPSA) is 46.9 Å². The summed E-state index contributed by atoms with van der Waals surface area (Å²) < 4.78 is 0. The summed E-state index contributed by atoms with van der Waals surface area (Å²) in [6.45, 7) is 0. The maximum absolute atomic E-state index is 10.0. The van der Waals surface area contributed by atoms with Crippen molar-refractivity contribution in [2.75, 3.05) is 0 Å². The molecule has 2 aliphatic rings. The molecule has 0 radical (unpaired) electrons. The summed E-state index contributed by atoms with van der Waals surface area (Å²) in [6.07, 6.45) is 7.02. The highest BCUT2D eigenvalue weighted by Crippen LogP contribution is 2.37.